The molecule has 0 bridgehead atoms. The van der Waals surface area contributed by atoms with E-state index in [0.29, 0.717) is 17.5 Å². The Balaban J connectivity index is 2.06. The average molecular weight is 233 g/mol. The third-order valence-electron chi connectivity index (χ3n) is 3.35. The maximum Gasteiger partial charge on any atom is 0.419 e. The van der Waals surface area contributed by atoms with Gasteiger partial charge in [0.1, 0.15) is 0 Å². The zero-order chi connectivity index (χ0) is 12.2. The van der Waals surface area contributed by atoms with Crippen molar-refractivity contribution in [3.05, 3.63) is 34.3 Å². The molecule has 1 N–H and O–H groups in total. The van der Waals surface area contributed by atoms with Crippen molar-refractivity contribution in [3.8, 4) is 0 Å². The molecule has 1 heterocycles. The van der Waals surface area contributed by atoms with Gasteiger partial charge in [-0.3, -0.25) is 9.36 Å². The summed E-state index contributed by atoms with van der Waals surface area (Å²) in [7, 11) is 1.64. The van der Waals surface area contributed by atoms with Gasteiger partial charge in [0.25, 0.3) is 0 Å². The highest BCUT2D eigenvalue weighted by atomic mass is 16.4. The summed E-state index contributed by atoms with van der Waals surface area (Å²) < 4.78 is 6.45. The molecular weight excluding hydrogens is 222 g/mol. The lowest BCUT2D eigenvalue weighted by Gasteiger charge is -1.99. The first-order chi connectivity index (χ1) is 8.08. The SMILES string of the molecule is Cn1c(=O)oc2ccc(C3CC3C(=O)O)cc21. The van der Waals surface area contributed by atoms with E-state index in [9.17, 15) is 9.59 Å². The van der Waals surface area contributed by atoms with Gasteiger partial charge in [-0.15, -0.1) is 0 Å². The third-order valence-corrected chi connectivity index (χ3v) is 3.35. The number of aliphatic carboxylic acids is 1. The summed E-state index contributed by atoms with van der Waals surface area (Å²) in [5, 5.41) is 8.88. The minimum absolute atomic E-state index is 0.0712. The number of hydrogen-bond acceptors (Lipinski definition) is 3. The van der Waals surface area contributed by atoms with Crippen LogP contribution in [0.2, 0.25) is 0 Å². The molecule has 1 aliphatic carbocycles. The fraction of sp³-hybridized carbons (Fsp3) is 0.333. The molecule has 0 aliphatic heterocycles. The van der Waals surface area contributed by atoms with E-state index in [1.807, 2.05) is 12.1 Å². The number of carboxylic acids is 1. The van der Waals surface area contributed by atoms with Crippen molar-refractivity contribution in [2.24, 2.45) is 13.0 Å². The van der Waals surface area contributed by atoms with Gasteiger partial charge in [0, 0.05) is 7.05 Å². The van der Waals surface area contributed by atoms with E-state index in [0.717, 1.165) is 5.56 Å². The summed E-state index contributed by atoms with van der Waals surface area (Å²) in [5.74, 6) is -1.36. The third kappa shape index (κ3) is 1.46. The van der Waals surface area contributed by atoms with Crippen LogP contribution in [0.25, 0.3) is 11.1 Å². The van der Waals surface area contributed by atoms with Crippen LogP contribution in [-0.2, 0) is 11.8 Å². The molecule has 1 fully saturated rings. The number of rotatable bonds is 2. The Morgan fingerprint density at radius 2 is 2.29 bits per heavy atom. The zero-order valence-corrected chi connectivity index (χ0v) is 9.21. The van der Waals surface area contributed by atoms with Crippen LogP contribution >= 0.6 is 0 Å². The Labute approximate surface area is 96.3 Å². The largest absolute Gasteiger partial charge is 0.481 e. The van der Waals surface area contributed by atoms with Crippen LogP contribution in [0.15, 0.2) is 27.4 Å². The van der Waals surface area contributed by atoms with E-state index in [2.05, 4.69) is 0 Å². The summed E-state index contributed by atoms with van der Waals surface area (Å²) >= 11 is 0. The molecule has 1 aromatic heterocycles. The van der Waals surface area contributed by atoms with Gasteiger partial charge in [0.15, 0.2) is 5.58 Å². The molecule has 2 unspecified atom stereocenters. The monoisotopic (exact) mass is 233 g/mol. The highest BCUT2D eigenvalue weighted by Gasteiger charge is 2.44. The fourth-order valence-electron chi connectivity index (χ4n) is 2.21. The van der Waals surface area contributed by atoms with E-state index >= 15 is 0 Å². The number of hydrogen-bond donors (Lipinski definition) is 1. The van der Waals surface area contributed by atoms with Gasteiger partial charge in [-0.25, -0.2) is 4.79 Å². The van der Waals surface area contributed by atoms with Gasteiger partial charge >= 0.3 is 11.7 Å². The quantitative estimate of drug-likeness (QED) is 0.849. The first-order valence-electron chi connectivity index (χ1n) is 5.40. The first-order valence-corrected chi connectivity index (χ1v) is 5.40. The lowest BCUT2D eigenvalue weighted by Crippen LogP contribution is -2.08. The number of nitrogens with zero attached hydrogens (tertiary/aromatic N) is 1. The molecule has 2 atom stereocenters. The maximum absolute atomic E-state index is 11.3. The van der Waals surface area contributed by atoms with Crippen LogP contribution in [0.4, 0.5) is 0 Å². The Morgan fingerprint density at radius 3 is 2.94 bits per heavy atom. The highest BCUT2D eigenvalue weighted by molar-refractivity contribution is 5.78. The standard InChI is InChI=1S/C12H11NO4/c1-13-9-4-6(7-5-8(7)11(14)15)2-3-10(9)17-12(13)16/h2-4,7-8H,5H2,1H3,(H,14,15). The van der Waals surface area contributed by atoms with Gasteiger partial charge in [0.2, 0.25) is 0 Å². The minimum atomic E-state index is -0.754. The van der Waals surface area contributed by atoms with Gasteiger partial charge in [-0.2, -0.15) is 0 Å². The number of carboxylic acid groups (broad SMARTS) is 1. The molecule has 2 aromatic rings. The second kappa shape index (κ2) is 3.23. The molecule has 1 aliphatic rings. The van der Waals surface area contributed by atoms with Gasteiger partial charge in [0.05, 0.1) is 11.4 Å². The maximum atomic E-state index is 11.3. The molecule has 3 rings (SSSR count). The lowest BCUT2D eigenvalue weighted by molar-refractivity contribution is -0.138. The topological polar surface area (TPSA) is 72.4 Å². The van der Waals surface area contributed by atoms with Gasteiger partial charge in [-0.05, 0) is 30.0 Å². The fourth-order valence-corrected chi connectivity index (χ4v) is 2.21. The van der Waals surface area contributed by atoms with Crippen LogP contribution in [0, 0.1) is 5.92 Å². The van der Waals surface area contributed by atoms with Crippen molar-refractivity contribution in [1.29, 1.82) is 0 Å². The molecule has 0 amide bonds. The summed E-state index contributed by atoms with van der Waals surface area (Å²) in [6.07, 6.45) is 0.673. The summed E-state index contributed by atoms with van der Waals surface area (Å²) in [4.78, 5) is 22.1. The summed E-state index contributed by atoms with van der Waals surface area (Å²) in [6.45, 7) is 0. The van der Waals surface area contributed by atoms with E-state index in [4.69, 9.17) is 9.52 Å². The number of aryl methyl sites for hydroxylation is 1. The average Bonchev–Trinajstić information content (AvgIpc) is 3.04. The lowest BCUT2D eigenvalue weighted by atomic mass is 10.1. The molecule has 17 heavy (non-hydrogen) atoms. The van der Waals surface area contributed by atoms with Gasteiger partial charge in [-0.1, -0.05) is 6.07 Å². The first kappa shape index (κ1) is 10.1. The van der Waals surface area contributed by atoms with E-state index in [1.54, 1.807) is 13.1 Å². The molecular formula is C12H11NO4. The van der Waals surface area contributed by atoms with Gasteiger partial charge < -0.3 is 9.52 Å². The Kier molecular flexibility index (Phi) is 1.92. The Hall–Kier alpha value is -2.04. The van der Waals surface area contributed by atoms with Crippen LogP contribution in [0.5, 0.6) is 0 Å². The zero-order valence-electron chi connectivity index (χ0n) is 9.21. The highest BCUT2D eigenvalue weighted by Crippen LogP contribution is 2.47. The van der Waals surface area contributed by atoms with Crippen LogP contribution in [-0.4, -0.2) is 15.6 Å². The smallest absolute Gasteiger partial charge is 0.419 e. The van der Waals surface area contributed by atoms with Crippen molar-refractivity contribution in [3.63, 3.8) is 0 Å². The number of fused-ring (bicyclic) bond motifs is 1. The van der Waals surface area contributed by atoms with E-state index in [1.165, 1.54) is 4.57 Å². The molecule has 0 spiro atoms. The van der Waals surface area contributed by atoms with Crippen molar-refractivity contribution in [1.82, 2.24) is 4.57 Å². The molecule has 0 saturated heterocycles. The predicted molar refractivity (Wildman–Crippen MR) is 59.9 cm³/mol. The van der Waals surface area contributed by atoms with Crippen molar-refractivity contribution in [2.75, 3.05) is 0 Å². The normalized spacial score (nSPS) is 22.9. The second-order valence-corrected chi connectivity index (χ2v) is 4.44. The second-order valence-electron chi connectivity index (χ2n) is 4.44. The van der Waals surface area contributed by atoms with E-state index < -0.39 is 11.7 Å². The van der Waals surface area contributed by atoms with Crippen LogP contribution in [0.3, 0.4) is 0 Å². The molecule has 1 aromatic carbocycles. The minimum Gasteiger partial charge on any atom is -0.481 e. The molecule has 0 radical (unpaired) electrons. The van der Waals surface area contributed by atoms with Crippen LogP contribution < -0.4 is 5.76 Å². The van der Waals surface area contributed by atoms with Crippen LogP contribution in [0.1, 0.15) is 17.9 Å². The number of oxazole rings is 1. The predicted octanol–water partition coefficient (Wildman–Crippen LogP) is 1.32. The molecule has 1 saturated carbocycles. The van der Waals surface area contributed by atoms with Crippen molar-refractivity contribution >= 4 is 17.1 Å². The van der Waals surface area contributed by atoms with Crippen molar-refractivity contribution < 1.29 is 14.3 Å². The number of aromatic nitrogens is 1. The summed E-state index contributed by atoms with van der Waals surface area (Å²) in [6, 6.07) is 5.40. The summed E-state index contributed by atoms with van der Waals surface area (Å²) in [5.41, 5.74) is 2.21. The molecule has 5 heteroatoms. The Bertz CT molecular complexity index is 667. The van der Waals surface area contributed by atoms with E-state index in [-0.39, 0.29) is 11.8 Å². The molecule has 5 nitrogen and oxygen atoms in total. The number of benzene rings is 1. The van der Waals surface area contributed by atoms with Crippen molar-refractivity contribution in [2.45, 2.75) is 12.3 Å². The number of carbonyl (C=O) groups is 1. The molecule has 88 valence electrons. The Morgan fingerprint density at radius 1 is 1.53 bits per heavy atom.